The number of ether oxygens (including phenoxy) is 1. The van der Waals surface area contributed by atoms with Crippen molar-refractivity contribution in [2.75, 3.05) is 12.8 Å². The summed E-state index contributed by atoms with van der Waals surface area (Å²) in [4.78, 5) is 7.57. The summed E-state index contributed by atoms with van der Waals surface area (Å²) >= 11 is 9.64. The maximum absolute atomic E-state index is 6.20. The number of aromatic amines is 1. The van der Waals surface area contributed by atoms with Gasteiger partial charge < -0.3 is 15.5 Å². The van der Waals surface area contributed by atoms with E-state index in [9.17, 15) is 0 Å². The first-order valence-electron chi connectivity index (χ1n) is 5.87. The highest BCUT2D eigenvalue weighted by atomic mass is 79.9. The summed E-state index contributed by atoms with van der Waals surface area (Å²) in [6.07, 6.45) is 0. The summed E-state index contributed by atoms with van der Waals surface area (Å²) in [7, 11) is 1.59. The third kappa shape index (κ3) is 2.23. The molecule has 6 heteroatoms. The summed E-state index contributed by atoms with van der Waals surface area (Å²) in [5, 5.41) is 0.544. The molecule has 20 heavy (non-hydrogen) atoms. The Morgan fingerprint density at radius 2 is 2.10 bits per heavy atom. The van der Waals surface area contributed by atoms with Gasteiger partial charge in [0.25, 0.3) is 0 Å². The van der Waals surface area contributed by atoms with E-state index in [1.54, 1.807) is 19.2 Å². The molecule has 2 aromatic heterocycles. The number of H-pyrrole nitrogens is 1. The van der Waals surface area contributed by atoms with E-state index in [0.717, 1.165) is 26.8 Å². The summed E-state index contributed by atoms with van der Waals surface area (Å²) in [5.74, 6) is 1.11. The second-order valence-electron chi connectivity index (χ2n) is 4.32. The Labute approximate surface area is 129 Å². The number of aromatic nitrogens is 2. The zero-order chi connectivity index (χ0) is 14.3. The van der Waals surface area contributed by atoms with Gasteiger partial charge in [-0.15, -0.1) is 0 Å². The molecule has 2 heterocycles. The van der Waals surface area contributed by atoms with Gasteiger partial charge in [0.05, 0.1) is 28.9 Å². The predicted octanol–water partition coefficient (Wildman–Crippen LogP) is 4.24. The van der Waals surface area contributed by atoms with Crippen molar-refractivity contribution in [3.05, 3.63) is 39.8 Å². The van der Waals surface area contributed by atoms with E-state index in [4.69, 9.17) is 22.1 Å². The summed E-state index contributed by atoms with van der Waals surface area (Å²) in [5.41, 5.74) is 9.15. The van der Waals surface area contributed by atoms with E-state index in [0.29, 0.717) is 16.6 Å². The largest absolute Gasteiger partial charge is 0.494 e. The highest BCUT2D eigenvalue weighted by Gasteiger charge is 2.14. The first-order valence-corrected chi connectivity index (χ1v) is 7.04. The van der Waals surface area contributed by atoms with E-state index in [1.165, 1.54) is 0 Å². The fourth-order valence-electron chi connectivity index (χ4n) is 2.14. The molecule has 3 aromatic rings. The minimum Gasteiger partial charge on any atom is -0.494 e. The average molecular weight is 353 g/mol. The van der Waals surface area contributed by atoms with E-state index in [-0.39, 0.29) is 0 Å². The van der Waals surface area contributed by atoms with Gasteiger partial charge in [0, 0.05) is 10.0 Å². The topological polar surface area (TPSA) is 63.9 Å². The van der Waals surface area contributed by atoms with Crippen LogP contribution in [0.25, 0.3) is 22.3 Å². The molecule has 0 fully saturated rings. The normalized spacial score (nSPS) is 10.9. The minimum absolute atomic E-state index is 0.488. The third-order valence-corrected chi connectivity index (χ3v) is 3.74. The molecule has 0 unspecified atom stereocenters. The predicted molar refractivity (Wildman–Crippen MR) is 85.2 cm³/mol. The van der Waals surface area contributed by atoms with E-state index in [1.807, 2.05) is 18.2 Å². The number of halogens is 2. The Kier molecular flexibility index (Phi) is 3.31. The number of rotatable bonds is 2. The van der Waals surface area contributed by atoms with Crippen molar-refractivity contribution >= 4 is 44.4 Å². The third-order valence-electron chi connectivity index (χ3n) is 3.00. The number of methoxy groups -OCH3 is 1. The summed E-state index contributed by atoms with van der Waals surface area (Å²) in [6, 6.07) is 9.31. The lowest BCUT2D eigenvalue weighted by Crippen LogP contribution is -1.89. The number of fused-ring (bicyclic) bond motifs is 1. The van der Waals surface area contributed by atoms with Gasteiger partial charge in [-0.2, -0.15) is 0 Å². The zero-order valence-electron chi connectivity index (χ0n) is 10.6. The van der Waals surface area contributed by atoms with Crippen molar-refractivity contribution in [2.24, 2.45) is 0 Å². The average Bonchev–Trinajstić information content (AvgIpc) is 2.80. The van der Waals surface area contributed by atoms with Crippen molar-refractivity contribution in [1.82, 2.24) is 9.97 Å². The lowest BCUT2D eigenvalue weighted by molar-refractivity contribution is 0.416. The molecule has 0 bridgehead atoms. The van der Waals surface area contributed by atoms with Crippen molar-refractivity contribution < 1.29 is 4.74 Å². The number of hydrogen-bond donors (Lipinski definition) is 2. The molecule has 0 aliphatic rings. The van der Waals surface area contributed by atoms with Crippen LogP contribution in [0.4, 0.5) is 5.82 Å². The second kappa shape index (κ2) is 5.00. The van der Waals surface area contributed by atoms with Crippen LogP contribution >= 0.6 is 27.5 Å². The molecule has 0 aliphatic heterocycles. The maximum atomic E-state index is 6.20. The van der Waals surface area contributed by atoms with Crippen LogP contribution in [0.15, 0.2) is 34.8 Å². The van der Waals surface area contributed by atoms with E-state index < -0.39 is 0 Å². The van der Waals surface area contributed by atoms with Gasteiger partial charge in [0.1, 0.15) is 11.6 Å². The van der Waals surface area contributed by atoms with Crippen LogP contribution in [-0.4, -0.2) is 17.1 Å². The number of hydrogen-bond acceptors (Lipinski definition) is 3. The number of nitrogens with two attached hydrogens (primary N) is 1. The molecule has 0 radical (unpaired) electrons. The van der Waals surface area contributed by atoms with Crippen LogP contribution in [0, 0.1) is 0 Å². The molecule has 4 nitrogen and oxygen atoms in total. The molecule has 102 valence electrons. The molecule has 3 N–H and O–H groups in total. The SMILES string of the molecule is COc1c(Cl)cc(Br)cc1-c1cc2nc(N)ccc2[nH]1. The number of nitrogens with zero attached hydrogens (tertiary/aromatic N) is 1. The maximum Gasteiger partial charge on any atom is 0.146 e. The lowest BCUT2D eigenvalue weighted by Gasteiger charge is -2.09. The summed E-state index contributed by atoms with van der Waals surface area (Å²) in [6.45, 7) is 0. The molecular weight excluding hydrogens is 342 g/mol. The molecule has 0 aliphatic carbocycles. The smallest absolute Gasteiger partial charge is 0.146 e. The Balaban J connectivity index is 2.24. The summed E-state index contributed by atoms with van der Waals surface area (Å²) < 4.78 is 6.27. The molecule has 3 rings (SSSR count). The fraction of sp³-hybridized carbons (Fsp3) is 0.0714. The Hall–Kier alpha value is -1.72. The van der Waals surface area contributed by atoms with Crippen LogP contribution in [0.2, 0.25) is 5.02 Å². The van der Waals surface area contributed by atoms with Gasteiger partial charge in [0.2, 0.25) is 0 Å². The van der Waals surface area contributed by atoms with Crippen molar-refractivity contribution in [3.8, 4) is 17.0 Å². The van der Waals surface area contributed by atoms with Gasteiger partial charge in [-0.3, -0.25) is 0 Å². The van der Waals surface area contributed by atoms with Gasteiger partial charge in [-0.1, -0.05) is 27.5 Å². The zero-order valence-corrected chi connectivity index (χ0v) is 12.9. The Bertz CT molecular complexity index is 800. The highest BCUT2D eigenvalue weighted by molar-refractivity contribution is 9.10. The van der Waals surface area contributed by atoms with Crippen LogP contribution in [0.3, 0.4) is 0 Å². The second-order valence-corrected chi connectivity index (χ2v) is 5.64. The molecule has 0 saturated heterocycles. The number of benzene rings is 1. The molecule has 1 aromatic carbocycles. The number of anilines is 1. The van der Waals surface area contributed by atoms with Gasteiger partial charge in [0.15, 0.2) is 0 Å². The quantitative estimate of drug-likeness (QED) is 0.725. The van der Waals surface area contributed by atoms with Crippen LogP contribution < -0.4 is 10.5 Å². The lowest BCUT2D eigenvalue weighted by atomic mass is 10.1. The van der Waals surface area contributed by atoms with E-state index >= 15 is 0 Å². The van der Waals surface area contributed by atoms with Crippen molar-refractivity contribution in [2.45, 2.75) is 0 Å². The first-order chi connectivity index (χ1) is 9.58. The molecule has 0 spiro atoms. The fourth-order valence-corrected chi connectivity index (χ4v) is 3.02. The minimum atomic E-state index is 0.488. The van der Waals surface area contributed by atoms with E-state index in [2.05, 4.69) is 25.9 Å². The Morgan fingerprint density at radius 1 is 1.30 bits per heavy atom. The first kappa shape index (κ1) is 13.3. The number of pyridine rings is 1. The van der Waals surface area contributed by atoms with Gasteiger partial charge >= 0.3 is 0 Å². The molecular formula is C14H11BrClN3O. The van der Waals surface area contributed by atoms with Gasteiger partial charge in [-0.25, -0.2) is 4.98 Å². The standard InChI is InChI=1S/C14H11BrClN3O/c1-20-14-8(4-7(15)5-9(14)16)11-6-12-10(18-11)2-3-13(17)19-12/h2-6,18H,1H3,(H2,17,19). The van der Waals surface area contributed by atoms with Crippen LogP contribution in [0.5, 0.6) is 5.75 Å². The Morgan fingerprint density at radius 3 is 2.85 bits per heavy atom. The monoisotopic (exact) mass is 351 g/mol. The number of nitrogens with one attached hydrogen (secondary N) is 1. The van der Waals surface area contributed by atoms with Crippen LogP contribution in [0.1, 0.15) is 0 Å². The van der Waals surface area contributed by atoms with Gasteiger partial charge in [-0.05, 0) is 30.3 Å². The molecule has 0 atom stereocenters. The molecule has 0 saturated carbocycles. The van der Waals surface area contributed by atoms with Crippen LogP contribution in [-0.2, 0) is 0 Å². The number of nitrogen functional groups attached to an aromatic ring is 1. The molecule has 0 amide bonds. The highest BCUT2D eigenvalue weighted by Crippen LogP contribution is 2.39. The van der Waals surface area contributed by atoms with Crippen molar-refractivity contribution in [3.63, 3.8) is 0 Å². The van der Waals surface area contributed by atoms with Crippen molar-refractivity contribution in [1.29, 1.82) is 0 Å².